The van der Waals surface area contributed by atoms with Crippen molar-refractivity contribution in [3.8, 4) is 0 Å². The minimum Gasteiger partial charge on any atom is -0.387 e. The fraction of sp³-hybridized carbons (Fsp3) is 0.933. The number of likely N-dealkylation sites (N-methyl/N-ethyl adjacent to an activating group) is 1. The van der Waals surface area contributed by atoms with Gasteiger partial charge in [-0.05, 0) is 27.7 Å². The molecule has 2 aliphatic rings. The molecule has 0 bridgehead atoms. The summed E-state index contributed by atoms with van der Waals surface area (Å²) < 4.78 is 16.7. The SMILES string of the molecule is CCN(CC)C(=O)[C@H](O)[C@H](O)[C@@H]1O[C@@H]2COC(C)(C)O[C@H]2[C@@H]1O. The van der Waals surface area contributed by atoms with Gasteiger partial charge in [0, 0.05) is 13.1 Å². The molecule has 8 nitrogen and oxygen atoms in total. The molecule has 0 radical (unpaired) electrons. The summed E-state index contributed by atoms with van der Waals surface area (Å²) in [6.45, 7) is 8.05. The number of amides is 1. The van der Waals surface area contributed by atoms with Gasteiger partial charge in [0.05, 0.1) is 6.61 Å². The van der Waals surface area contributed by atoms with Crippen molar-refractivity contribution in [3.05, 3.63) is 0 Å². The summed E-state index contributed by atoms with van der Waals surface area (Å²) in [5.41, 5.74) is 0. The van der Waals surface area contributed by atoms with Crippen LogP contribution in [0.15, 0.2) is 0 Å². The third-order valence-corrected chi connectivity index (χ3v) is 4.37. The summed E-state index contributed by atoms with van der Waals surface area (Å²) in [6.07, 6.45) is -6.70. The molecule has 8 heteroatoms. The van der Waals surface area contributed by atoms with Gasteiger partial charge >= 0.3 is 0 Å². The lowest BCUT2D eigenvalue weighted by molar-refractivity contribution is -0.300. The van der Waals surface area contributed by atoms with E-state index in [9.17, 15) is 20.1 Å². The van der Waals surface area contributed by atoms with E-state index in [-0.39, 0.29) is 6.61 Å². The smallest absolute Gasteiger partial charge is 0.254 e. The van der Waals surface area contributed by atoms with Gasteiger partial charge in [0.15, 0.2) is 11.9 Å². The van der Waals surface area contributed by atoms with E-state index in [0.29, 0.717) is 13.1 Å². The maximum atomic E-state index is 12.2. The second kappa shape index (κ2) is 7.00. The van der Waals surface area contributed by atoms with Crippen molar-refractivity contribution in [2.24, 2.45) is 0 Å². The third-order valence-electron chi connectivity index (χ3n) is 4.37. The van der Waals surface area contributed by atoms with Crippen LogP contribution < -0.4 is 0 Å². The minimum absolute atomic E-state index is 0.206. The number of hydrogen-bond donors (Lipinski definition) is 3. The average molecular weight is 333 g/mol. The van der Waals surface area contributed by atoms with Gasteiger partial charge in [-0.15, -0.1) is 0 Å². The first kappa shape index (κ1) is 18.6. The lowest BCUT2D eigenvalue weighted by Gasteiger charge is -2.37. The van der Waals surface area contributed by atoms with Crippen LogP contribution >= 0.6 is 0 Å². The molecule has 23 heavy (non-hydrogen) atoms. The Kier molecular flexibility index (Phi) is 5.65. The number of ether oxygens (including phenoxy) is 3. The van der Waals surface area contributed by atoms with E-state index in [1.165, 1.54) is 4.90 Å². The van der Waals surface area contributed by atoms with Crippen LogP contribution in [0.5, 0.6) is 0 Å². The molecule has 2 heterocycles. The van der Waals surface area contributed by atoms with Crippen molar-refractivity contribution in [3.63, 3.8) is 0 Å². The summed E-state index contributed by atoms with van der Waals surface area (Å²) in [6, 6.07) is 0. The fourth-order valence-corrected chi connectivity index (χ4v) is 3.02. The lowest BCUT2D eigenvalue weighted by atomic mass is 9.99. The van der Waals surface area contributed by atoms with Crippen LogP contribution in [0.25, 0.3) is 0 Å². The summed E-state index contributed by atoms with van der Waals surface area (Å²) in [7, 11) is 0. The number of nitrogens with zero attached hydrogens (tertiary/aromatic N) is 1. The van der Waals surface area contributed by atoms with Gasteiger partial charge in [-0.3, -0.25) is 4.79 Å². The molecular weight excluding hydrogens is 306 g/mol. The Hall–Kier alpha value is -0.770. The van der Waals surface area contributed by atoms with Crippen molar-refractivity contribution in [1.29, 1.82) is 0 Å². The van der Waals surface area contributed by atoms with E-state index in [4.69, 9.17) is 14.2 Å². The molecule has 0 aromatic rings. The lowest BCUT2D eigenvalue weighted by Crippen LogP contribution is -2.53. The maximum Gasteiger partial charge on any atom is 0.254 e. The first-order valence-corrected chi connectivity index (χ1v) is 8.02. The van der Waals surface area contributed by atoms with Crippen molar-refractivity contribution in [1.82, 2.24) is 4.90 Å². The maximum absolute atomic E-state index is 12.2. The van der Waals surface area contributed by atoms with Gasteiger partial charge in [-0.2, -0.15) is 0 Å². The first-order chi connectivity index (χ1) is 10.7. The zero-order valence-corrected chi connectivity index (χ0v) is 14.0. The summed E-state index contributed by atoms with van der Waals surface area (Å²) in [5, 5.41) is 30.8. The van der Waals surface area contributed by atoms with Crippen molar-refractivity contribution >= 4 is 5.91 Å². The van der Waals surface area contributed by atoms with Crippen LogP contribution in [0.4, 0.5) is 0 Å². The number of hydrogen-bond acceptors (Lipinski definition) is 7. The highest BCUT2D eigenvalue weighted by Crippen LogP contribution is 2.34. The highest BCUT2D eigenvalue weighted by Gasteiger charge is 2.54. The number of carbonyl (C=O) groups excluding carboxylic acids is 1. The molecule has 0 aliphatic carbocycles. The molecule has 3 N–H and O–H groups in total. The zero-order chi connectivity index (χ0) is 17.4. The molecular formula is C15H27NO7. The van der Waals surface area contributed by atoms with Gasteiger partial charge in [-0.25, -0.2) is 0 Å². The van der Waals surface area contributed by atoms with E-state index in [1.54, 1.807) is 27.7 Å². The van der Waals surface area contributed by atoms with Crippen molar-refractivity contribution in [2.75, 3.05) is 19.7 Å². The summed E-state index contributed by atoms with van der Waals surface area (Å²) in [5.74, 6) is -1.45. The molecule has 0 spiro atoms. The molecule has 0 unspecified atom stereocenters. The summed E-state index contributed by atoms with van der Waals surface area (Å²) >= 11 is 0. The molecule has 2 fully saturated rings. The minimum atomic E-state index is -1.66. The molecule has 6 atom stereocenters. The topological polar surface area (TPSA) is 109 Å². The normalized spacial score (nSPS) is 35.4. The van der Waals surface area contributed by atoms with Crippen LogP contribution in [0.2, 0.25) is 0 Å². The number of fused-ring (bicyclic) bond motifs is 1. The molecule has 0 saturated carbocycles. The molecule has 2 aliphatic heterocycles. The Balaban J connectivity index is 2.05. The van der Waals surface area contributed by atoms with Crippen LogP contribution in [0, 0.1) is 0 Å². The van der Waals surface area contributed by atoms with E-state index < -0.39 is 48.3 Å². The standard InChI is InChI=1S/C15H27NO7/c1-5-16(6-2)14(20)10(18)9(17)13-11(19)12-8(22-13)7-21-15(3,4)23-12/h8-13,17-19H,5-7H2,1-4H3/t8-,9+,10-,11+,12-,13+/m1/s1. The second-order valence-electron chi connectivity index (χ2n) is 6.37. The third kappa shape index (κ3) is 3.67. The number of aliphatic hydroxyl groups is 3. The molecule has 2 saturated heterocycles. The second-order valence-corrected chi connectivity index (χ2v) is 6.37. The molecule has 0 aromatic heterocycles. The number of rotatable bonds is 5. The highest BCUT2D eigenvalue weighted by molar-refractivity contribution is 5.81. The zero-order valence-electron chi connectivity index (χ0n) is 14.0. The van der Waals surface area contributed by atoms with Crippen LogP contribution in [0.3, 0.4) is 0 Å². The molecule has 1 amide bonds. The predicted molar refractivity (Wildman–Crippen MR) is 79.5 cm³/mol. The number of aliphatic hydroxyl groups excluding tert-OH is 3. The van der Waals surface area contributed by atoms with Gasteiger partial charge in [0.2, 0.25) is 0 Å². The van der Waals surface area contributed by atoms with Gasteiger partial charge in [0.1, 0.15) is 30.5 Å². The Morgan fingerprint density at radius 1 is 1.30 bits per heavy atom. The van der Waals surface area contributed by atoms with Crippen molar-refractivity contribution in [2.45, 2.75) is 70.1 Å². The first-order valence-electron chi connectivity index (χ1n) is 8.02. The molecule has 0 aromatic carbocycles. The highest BCUT2D eigenvalue weighted by atomic mass is 16.7. The Labute approximate surface area is 135 Å². The van der Waals surface area contributed by atoms with Gasteiger partial charge < -0.3 is 34.4 Å². The van der Waals surface area contributed by atoms with E-state index in [2.05, 4.69) is 0 Å². The predicted octanol–water partition coefficient (Wildman–Crippen LogP) is -1.14. The van der Waals surface area contributed by atoms with E-state index >= 15 is 0 Å². The monoisotopic (exact) mass is 333 g/mol. The summed E-state index contributed by atoms with van der Waals surface area (Å²) in [4.78, 5) is 13.6. The molecule has 134 valence electrons. The average Bonchev–Trinajstić information content (AvgIpc) is 2.82. The Morgan fingerprint density at radius 3 is 2.48 bits per heavy atom. The van der Waals surface area contributed by atoms with Crippen LogP contribution in [-0.4, -0.2) is 88.2 Å². The largest absolute Gasteiger partial charge is 0.387 e. The Bertz CT molecular complexity index is 426. The van der Waals surface area contributed by atoms with Crippen LogP contribution in [0.1, 0.15) is 27.7 Å². The van der Waals surface area contributed by atoms with E-state index in [0.717, 1.165) is 0 Å². The van der Waals surface area contributed by atoms with Gasteiger partial charge in [-0.1, -0.05) is 0 Å². The fourth-order valence-electron chi connectivity index (χ4n) is 3.02. The van der Waals surface area contributed by atoms with Crippen LogP contribution in [-0.2, 0) is 19.0 Å². The van der Waals surface area contributed by atoms with Crippen molar-refractivity contribution < 1.29 is 34.3 Å². The van der Waals surface area contributed by atoms with E-state index in [1.807, 2.05) is 0 Å². The number of carbonyl (C=O) groups is 1. The Morgan fingerprint density at radius 2 is 1.91 bits per heavy atom. The van der Waals surface area contributed by atoms with Gasteiger partial charge in [0.25, 0.3) is 5.91 Å². The quantitative estimate of drug-likeness (QED) is 0.583. The molecule has 2 rings (SSSR count).